The molecule has 1 aliphatic heterocycles. The van der Waals surface area contributed by atoms with Crippen LogP contribution >= 0.6 is 11.6 Å². The van der Waals surface area contributed by atoms with Crippen LogP contribution in [0.4, 0.5) is 0 Å². The van der Waals surface area contributed by atoms with Crippen molar-refractivity contribution in [1.29, 1.82) is 0 Å². The van der Waals surface area contributed by atoms with Crippen molar-refractivity contribution in [3.63, 3.8) is 0 Å². The van der Waals surface area contributed by atoms with Gasteiger partial charge >= 0.3 is 0 Å². The number of nitrogens with zero attached hydrogens (tertiary/aromatic N) is 6. The Balaban J connectivity index is 1.52. The molecule has 0 amide bonds. The van der Waals surface area contributed by atoms with E-state index in [9.17, 15) is 0 Å². The number of aromatic nitrogens is 5. The molecule has 0 radical (unpaired) electrons. The molecule has 3 aromatic rings. The zero-order valence-corrected chi connectivity index (χ0v) is 14.0. The molecule has 8 heteroatoms. The highest BCUT2D eigenvalue weighted by Crippen LogP contribution is 2.28. The van der Waals surface area contributed by atoms with Crippen LogP contribution in [0.5, 0.6) is 0 Å². The lowest BCUT2D eigenvalue weighted by atomic mass is 10.1. The third-order valence-corrected chi connectivity index (χ3v) is 4.51. The fourth-order valence-corrected chi connectivity index (χ4v) is 3.28. The van der Waals surface area contributed by atoms with E-state index in [1.807, 2.05) is 25.1 Å². The zero-order chi connectivity index (χ0) is 16.5. The molecule has 124 valence electrons. The maximum Gasteiger partial charge on any atom is 0.231 e. The fraction of sp³-hybridized carbons (Fsp3) is 0.375. The van der Waals surface area contributed by atoms with Gasteiger partial charge < -0.3 is 4.52 Å². The molecule has 2 aromatic heterocycles. The molecular formula is C16H17ClN6O. The molecule has 1 aromatic carbocycles. The number of benzene rings is 1. The summed E-state index contributed by atoms with van der Waals surface area (Å²) in [5.41, 5.74) is 2.12. The molecule has 0 aliphatic carbocycles. The van der Waals surface area contributed by atoms with Crippen LogP contribution in [-0.2, 0) is 6.54 Å². The van der Waals surface area contributed by atoms with E-state index in [-0.39, 0.29) is 0 Å². The molecule has 7 nitrogen and oxygen atoms in total. The number of likely N-dealkylation sites (tertiary alicyclic amines) is 1. The van der Waals surface area contributed by atoms with Crippen molar-refractivity contribution in [2.45, 2.75) is 25.8 Å². The topological polar surface area (TPSA) is 72.9 Å². The first-order valence-corrected chi connectivity index (χ1v) is 8.23. The molecular weight excluding hydrogens is 328 g/mol. The van der Waals surface area contributed by atoms with Crippen molar-refractivity contribution in [1.82, 2.24) is 29.8 Å². The Morgan fingerprint density at radius 1 is 1.38 bits per heavy atom. The van der Waals surface area contributed by atoms with E-state index < -0.39 is 0 Å². The van der Waals surface area contributed by atoms with E-state index >= 15 is 0 Å². The van der Waals surface area contributed by atoms with Crippen molar-refractivity contribution < 1.29 is 4.52 Å². The summed E-state index contributed by atoms with van der Waals surface area (Å²) >= 11 is 6.15. The van der Waals surface area contributed by atoms with Crippen LogP contribution in [0.15, 0.2) is 35.4 Å². The molecule has 1 saturated heterocycles. The molecule has 0 N–H and O–H groups in total. The number of halogens is 1. The van der Waals surface area contributed by atoms with E-state index in [2.05, 4.69) is 25.1 Å². The molecule has 3 heterocycles. The summed E-state index contributed by atoms with van der Waals surface area (Å²) in [4.78, 5) is 10.8. The second kappa shape index (κ2) is 6.33. The first kappa shape index (κ1) is 15.3. The highest BCUT2D eigenvalue weighted by molar-refractivity contribution is 6.30. The predicted molar refractivity (Wildman–Crippen MR) is 88.0 cm³/mol. The lowest BCUT2D eigenvalue weighted by molar-refractivity contribution is 0.308. The van der Waals surface area contributed by atoms with E-state index in [0.717, 1.165) is 43.2 Å². The van der Waals surface area contributed by atoms with Gasteiger partial charge in [-0.25, -0.2) is 9.67 Å². The van der Waals surface area contributed by atoms with Crippen molar-refractivity contribution in [3.05, 3.63) is 53.2 Å². The number of aryl methyl sites for hydroxylation is 1. The Hall–Kier alpha value is -2.25. The highest BCUT2D eigenvalue weighted by atomic mass is 35.5. The van der Waals surface area contributed by atoms with E-state index in [0.29, 0.717) is 16.8 Å². The number of hydrogen-bond donors (Lipinski definition) is 0. The number of hydrogen-bond acceptors (Lipinski definition) is 6. The van der Waals surface area contributed by atoms with Crippen molar-refractivity contribution >= 4 is 11.6 Å². The molecule has 4 rings (SSSR count). The van der Waals surface area contributed by atoms with Crippen molar-refractivity contribution in [2.24, 2.45) is 0 Å². The summed E-state index contributed by atoms with van der Waals surface area (Å²) in [6.45, 7) is 4.56. The third-order valence-electron chi connectivity index (χ3n) is 4.27. The van der Waals surface area contributed by atoms with Gasteiger partial charge in [0.15, 0.2) is 5.82 Å². The molecule has 1 unspecified atom stereocenters. The first-order chi connectivity index (χ1) is 11.7. The second-order valence-electron chi connectivity index (χ2n) is 6.01. The van der Waals surface area contributed by atoms with E-state index in [1.54, 1.807) is 11.0 Å². The molecule has 0 bridgehead atoms. The van der Waals surface area contributed by atoms with Gasteiger partial charge in [0.05, 0.1) is 11.6 Å². The quantitative estimate of drug-likeness (QED) is 0.724. The Bertz CT molecular complexity index is 831. The summed E-state index contributed by atoms with van der Waals surface area (Å²) in [5, 5.41) is 8.80. The van der Waals surface area contributed by atoms with Gasteiger partial charge in [-0.3, -0.25) is 4.90 Å². The third kappa shape index (κ3) is 3.05. The van der Waals surface area contributed by atoms with Gasteiger partial charge in [0.2, 0.25) is 5.89 Å². The fourth-order valence-electron chi connectivity index (χ4n) is 3.11. The average molecular weight is 345 g/mol. The molecule has 1 fully saturated rings. The average Bonchev–Trinajstić information content (AvgIpc) is 3.30. The van der Waals surface area contributed by atoms with Crippen LogP contribution in [-0.4, -0.2) is 42.9 Å². The van der Waals surface area contributed by atoms with E-state index in [1.165, 1.54) is 6.33 Å². The van der Waals surface area contributed by atoms with Gasteiger partial charge in [-0.05, 0) is 37.6 Å². The zero-order valence-electron chi connectivity index (χ0n) is 13.3. The smallest absolute Gasteiger partial charge is 0.231 e. The van der Waals surface area contributed by atoms with Crippen LogP contribution in [0.2, 0.25) is 5.02 Å². The van der Waals surface area contributed by atoms with Gasteiger partial charge in [0.25, 0.3) is 0 Å². The first-order valence-electron chi connectivity index (χ1n) is 7.85. The summed E-state index contributed by atoms with van der Waals surface area (Å²) in [6, 6.07) is 5.87. The maximum atomic E-state index is 6.15. The Morgan fingerprint density at radius 2 is 2.29 bits per heavy atom. The lowest BCUT2D eigenvalue weighted by Crippen LogP contribution is -2.21. The molecule has 0 saturated carbocycles. The minimum absolute atomic E-state index is 0.299. The highest BCUT2D eigenvalue weighted by Gasteiger charge is 2.28. The molecule has 24 heavy (non-hydrogen) atoms. The monoisotopic (exact) mass is 344 g/mol. The Kier molecular flexibility index (Phi) is 4.03. The number of rotatable bonds is 4. The van der Waals surface area contributed by atoms with Crippen LogP contribution in [0.1, 0.15) is 29.6 Å². The lowest BCUT2D eigenvalue weighted by Gasteiger charge is -2.18. The Morgan fingerprint density at radius 3 is 3.04 bits per heavy atom. The second-order valence-corrected chi connectivity index (χ2v) is 6.45. The normalized spacial score (nSPS) is 18.3. The van der Waals surface area contributed by atoms with Gasteiger partial charge in [-0.15, -0.1) is 0 Å². The van der Waals surface area contributed by atoms with Gasteiger partial charge in [-0.2, -0.15) is 10.1 Å². The van der Waals surface area contributed by atoms with Crippen LogP contribution in [0, 0.1) is 6.92 Å². The van der Waals surface area contributed by atoms with E-state index in [4.69, 9.17) is 16.1 Å². The van der Waals surface area contributed by atoms with Gasteiger partial charge in [0.1, 0.15) is 12.7 Å². The van der Waals surface area contributed by atoms with Crippen LogP contribution in [0.25, 0.3) is 5.69 Å². The van der Waals surface area contributed by atoms with Crippen molar-refractivity contribution in [3.8, 4) is 5.69 Å². The maximum absolute atomic E-state index is 6.15. The molecule has 1 atom stereocenters. The predicted octanol–water partition coefficient (Wildman–Crippen LogP) is 2.60. The Labute approximate surface area is 144 Å². The minimum Gasteiger partial charge on any atom is -0.339 e. The molecule has 1 aliphatic rings. The van der Waals surface area contributed by atoms with Crippen LogP contribution in [0.3, 0.4) is 0 Å². The molecule has 0 spiro atoms. The summed E-state index contributed by atoms with van der Waals surface area (Å²) in [6.07, 6.45) is 4.23. The SMILES string of the molecule is Cc1noc(C2CCN(Cc3ccc(Cl)cc3-n3cncn3)C2)n1. The van der Waals surface area contributed by atoms with Crippen LogP contribution < -0.4 is 0 Å². The minimum atomic E-state index is 0.299. The standard InChI is InChI=1S/C16H17ClN6O/c1-11-20-16(24-21-11)13-4-5-22(8-13)7-12-2-3-14(17)6-15(12)23-10-18-9-19-23/h2-3,6,9-10,13H,4-5,7-8H2,1H3. The van der Waals surface area contributed by atoms with Gasteiger partial charge in [-0.1, -0.05) is 22.8 Å². The van der Waals surface area contributed by atoms with Gasteiger partial charge in [0, 0.05) is 18.1 Å². The summed E-state index contributed by atoms with van der Waals surface area (Å²) in [5.74, 6) is 1.73. The summed E-state index contributed by atoms with van der Waals surface area (Å²) in [7, 11) is 0. The largest absolute Gasteiger partial charge is 0.339 e. The van der Waals surface area contributed by atoms with Crippen molar-refractivity contribution in [2.75, 3.05) is 13.1 Å². The summed E-state index contributed by atoms with van der Waals surface area (Å²) < 4.78 is 7.06.